The second kappa shape index (κ2) is 10.1. The van der Waals surface area contributed by atoms with E-state index in [1.807, 2.05) is 19.1 Å². The van der Waals surface area contributed by atoms with Crippen molar-refractivity contribution in [3.8, 4) is 22.4 Å². The second-order valence-electron chi connectivity index (χ2n) is 7.86. The lowest BCUT2D eigenvalue weighted by Crippen LogP contribution is -2.21. The highest BCUT2D eigenvalue weighted by molar-refractivity contribution is 6.67. The number of hydrogen-bond donors (Lipinski definition) is 2. The average Bonchev–Trinajstić information content (AvgIpc) is 3.65. The number of benzene rings is 1. The molecule has 4 rings (SSSR count). The van der Waals surface area contributed by atoms with Crippen LogP contribution in [0.4, 0.5) is 16.3 Å². The minimum Gasteiger partial charge on any atom is -0.445 e. The van der Waals surface area contributed by atoms with Crippen LogP contribution in [0, 0.1) is 12.8 Å². The van der Waals surface area contributed by atoms with E-state index < -0.39 is 9.89 Å². The molecule has 1 fully saturated rings. The zero-order chi connectivity index (χ0) is 24.3. The normalized spacial score (nSPS) is 13.3. The molecule has 1 aliphatic carbocycles. The molecule has 2 amide bonds. The van der Waals surface area contributed by atoms with Crippen LogP contribution in [0.15, 0.2) is 49.1 Å². The fourth-order valence-electron chi connectivity index (χ4n) is 3.20. The molecule has 0 bridgehead atoms. The number of halogens is 3. The molecule has 176 valence electrons. The smallest absolute Gasteiger partial charge is 0.411 e. The summed E-state index contributed by atoms with van der Waals surface area (Å²) < 4.78 is 3.23. The lowest BCUT2D eigenvalue weighted by atomic mass is 9.99. The summed E-state index contributed by atoms with van der Waals surface area (Å²) in [5.41, 5.74) is 4.52. The van der Waals surface area contributed by atoms with Crippen molar-refractivity contribution < 1.29 is 14.3 Å². The minimum atomic E-state index is -1.69. The summed E-state index contributed by atoms with van der Waals surface area (Å²) in [4.78, 5) is 36.9. The van der Waals surface area contributed by atoms with E-state index in [0.29, 0.717) is 17.2 Å². The third-order valence-corrected chi connectivity index (χ3v) is 5.39. The van der Waals surface area contributed by atoms with E-state index in [1.165, 1.54) is 6.33 Å². The van der Waals surface area contributed by atoms with Gasteiger partial charge in [-0.05, 0) is 49.1 Å². The van der Waals surface area contributed by atoms with Gasteiger partial charge in [-0.3, -0.25) is 15.1 Å². The van der Waals surface area contributed by atoms with Crippen LogP contribution in [0.2, 0.25) is 0 Å². The molecule has 0 saturated heterocycles. The van der Waals surface area contributed by atoms with Gasteiger partial charge < -0.3 is 10.1 Å². The van der Waals surface area contributed by atoms with Gasteiger partial charge in [-0.1, -0.05) is 40.9 Å². The Balaban J connectivity index is 1.54. The van der Waals surface area contributed by atoms with Crippen molar-refractivity contribution in [2.24, 2.45) is 5.92 Å². The number of carbonyl (C=O) groups is 2. The lowest BCUT2D eigenvalue weighted by Gasteiger charge is -2.14. The van der Waals surface area contributed by atoms with Crippen LogP contribution < -0.4 is 10.6 Å². The largest absolute Gasteiger partial charge is 0.445 e. The molecule has 2 N–H and O–H groups in total. The third-order valence-electron chi connectivity index (χ3n) is 5.06. The molecule has 0 spiro atoms. The number of hydrogen-bond acceptors (Lipinski definition) is 6. The van der Waals surface area contributed by atoms with E-state index in [1.54, 1.807) is 30.6 Å². The number of nitrogens with zero attached hydrogens (tertiary/aromatic N) is 3. The molecule has 0 atom stereocenters. The van der Waals surface area contributed by atoms with Gasteiger partial charge >= 0.3 is 6.09 Å². The molecular weight excluding hydrogens is 501 g/mol. The number of nitrogens with one attached hydrogen (secondary N) is 2. The number of alkyl halides is 3. The molecule has 34 heavy (non-hydrogen) atoms. The van der Waals surface area contributed by atoms with Crippen LogP contribution in [0.5, 0.6) is 0 Å². The Morgan fingerprint density at radius 3 is 2.56 bits per heavy atom. The molecule has 2 aromatic heterocycles. The number of anilines is 2. The van der Waals surface area contributed by atoms with Crippen molar-refractivity contribution >= 4 is 58.3 Å². The van der Waals surface area contributed by atoms with Crippen molar-refractivity contribution in [1.82, 2.24) is 15.0 Å². The summed E-state index contributed by atoms with van der Waals surface area (Å²) in [6, 6.07) is 9.05. The van der Waals surface area contributed by atoms with Crippen LogP contribution in [0.25, 0.3) is 22.4 Å². The summed E-state index contributed by atoms with van der Waals surface area (Å²) in [6.07, 6.45) is 5.89. The quantitative estimate of drug-likeness (QED) is 0.399. The highest BCUT2D eigenvalue weighted by atomic mass is 35.6. The van der Waals surface area contributed by atoms with Crippen LogP contribution >= 0.6 is 34.8 Å². The summed E-state index contributed by atoms with van der Waals surface area (Å²) in [5, 5.41) is 5.45. The number of rotatable bonds is 6. The first kappa shape index (κ1) is 24.2. The fraction of sp³-hybridized carbons (Fsp3) is 0.261. The van der Waals surface area contributed by atoms with Crippen LogP contribution in [-0.2, 0) is 9.53 Å². The molecule has 1 saturated carbocycles. The van der Waals surface area contributed by atoms with Gasteiger partial charge in [-0.25, -0.2) is 14.8 Å². The summed E-state index contributed by atoms with van der Waals surface area (Å²) in [5.74, 6) is 0.499. The topological polar surface area (TPSA) is 106 Å². The maximum Gasteiger partial charge on any atom is 0.411 e. The van der Waals surface area contributed by atoms with Gasteiger partial charge in [0.25, 0.3) is 0 Å². The Kier molecular flexibility index (Phi) is 7.21. The molecule has 1 aromatic carbocycles. The van der Waals surface area contributed by atoms with Gasteiger partial charge in [-0.15, -0.1) is 0 Å². The summed E-state index contributed by atoms with van der Waals surface area (Å²) >= 11 is 16.8. The van der Waals surface area contributed by atoms with Crippen molar-refractivity contribution in [2.45, 2.75) is 23.6 Å². The third kappa shape index (κ3) is 6.56. The minimum absolute atomic E-state index is 0.0242. The van der Waals surface area contributed by atoms with Crippen molar-refractivity contribution in [3.63, 3.8) is 0 Å². The molecular formula is C23H20Cl3N5O3. The van der Waals surface area contributed by atoms with E-state index in [0.717, 1.165) is 35.1 Å². The van der Waals surface area contributed by atoms with Crippen molar-refractivity contribution in [3.05, 3.63) is 54.6 Å². The molecule has 8 nitrogen and oxygen atoms in total. The predicted octanol–water partition coefficient (Wildman–Crippen LogP) is 5.78. The SMILES string of the molecule is Cc1ccc(NC(=O)OCC(Cl)(Cl)Cl)cc1-c1cncc(-c2cc(NC(=O)C3CC3)ncn2)c1. The molecule has 1 aliphatic rings. The first-order valence-corrected chi connectivity index (χ1v) is 11.5. The zero-order valence-corrected chi connectivity index (χ0v) is 20.3. The van der Waals surface area contributed by atoms with E-state index >= 15 is 0 Å². The second-order valence-corrected chi connectivity index (χ2v) is 10.4. The van der Waals surface area contributed by atoms with Crippen LogP contribution in [-0.4, -0.2) is 37.4 Å². The van der Waals surface area contributed by atoms with E-state index in [9.17, 15) is 9.59 Å². The molecule has 2 heterocycles. The number of ether oxygens (including phenoxy) is 1. The Bertz CT molecular complexity index is 1230. The predicted molar refractivity (Wildman–Crippen MR) is 132 cm³/mol. The van der Waals surface area contributed by atoms with Gasteiger partial charge in [0.1, 0.15) is 18.8 Å². The Labute approximate surface area is 211 Å². The Hall–Kier alpha value is -2.94. The number of aromatic nitrogens is 3. The van der Waals surface area contributed by atoms with E-state index in [-0.39, 0.29) is 18.4 Å². The number of carbonyl (C=O) groups excluding carboxylic acids is 2. The van der Waals surface area contributed by atoms with E-state index in [4.69, 9.17) is 39.5 Å². The molecule has 3 aromatic rings. The first-order chi connectivity index (χ1) is 16.2. The number of pyridine rings is 1. The van der Waals surface area contributed by atoms with Gasteiger partial charge in [0.15, 0.2) is 0 Å². The highest BCUT2D eigenvalue weighted by Gasteiger charge is 2.29. The number of aryl methyl sites for hydroxylation is 1. The summed E-state index contributed by atoms with van der Waals surface area (Å²) in [7, 11) is 0. The van der Waals surface area contributed by atoms with Gasteiger partial charge in [0, 0.05) is 41.2 Å². The van der Waals surface area contributed by atoms with Crippen LogP contribution in [0.3, 0.4) is 0 Å². The average molecular weight is 521 g/mol. The standard InChI is InChI=1S/C23H20Cl3N5O3/c1-13-2-5-17(30-22(33)34-11-23(24,25)26)7-18(13)15-6-16(10-27-9-15)19-8-20(29-12-28-19)31-21(32)14-3-4-14/h2,5-10,12,14H,3-4,11H2,1H3,(H,30,33)(H,28,29,31,32). The van der Waals surface area contributed by atoms with Crippen LogP contribution in [0.1, 0.15) is 18.4 Å². The molecule has 0 aliphatic heterocycles. The molecule has 0 radical (unpaired) electrons. The Morgan fingerprint density at radius 1 is 1.06 bits per heavy atom. The number of amides is 2. The summed E-state index contributed by atoms with van der Waals surface area (Å²) in [6.45, 7) is 1.57. The highest BCUT2D eigenvalue weighted by Crippen LogP contribution is 2.32. The lowest BCUT2D eigenvalue weighted by molar-refractivity contribution is -0.117. The van der Waals surface area contributed by atoms with Gasteiger partial charge in [-0.2, -0.15) is 0 Å². The maximum atomic E-state index is 12.1. The molecule has 11 heteroatoms. The fourth-order valence-corrected chi connectivity index (χ4v) is 3.36. The molecule has 0 unspecified atom stereocenters. The Morgan fingerprint density at radius 2 is 1.82 bits per heavy atom. The van der Waals surface area contributed by atoms with Gasteiger partial charge in [0.2, 0.25) is 9.70 Å². The maximum absolute atomic E-state index is 12.1. The zero-order valence-electron chi connectivity index (χ0n) is 18.0. The van der Waals surface area contributed by atoms with E-state index in [2.05, 4.69) is 25.6 Å². The first-order valence-electron chi connectivity index (χ1n) is 10.4. The monoisotopic (exact) mass is 519 g/mol. The van der Waals surface area contributed by atoms with Gasteiger partial charge in [0.05, 0.1) is 5.69 Å². The van der Waals surface area contributed by atoms with Crippen molar-refractivity contribution in [1.29, 1.82) is 0 Å². The van der Waals surface area contributed by atoms with Crippen molar-refractivity contribution in [2.75, 3.05) is 17.2 Å².